The molecule has 1 aliphatic heterocycles. The molecule has 1 aliphatic carbocycles. The molecule has 4 rings (SSSR count). The molecule has 1 aromatic heterocycles. The molecule has 1 amide bonds. The number of carbonyl (C=O) groups is 1. The van der Waals surface area contributed by atoms with Crippen molar-refractivity contribution >= 4 is 23.5 Å². The van der Waals surface area contributed by atoms with Crippen LogP contribution in [0.25, 0.3) is 6.08 Å². The van der Waals surface area contributed by atoms with Crippen LogP contribution in [0, 0.1) is 0 Å². The summed E-state index contributed by atoms with van der Waals surface area (Å²) in [7, 11) is 0. The summed E-state index contributed by atoms with van der Waals surface area (Å²) in [6.07, 6.45) is 0.883. The lowest BCUT2D eigenvalue weighted by Crippen LogP contribution is -2.49. The van der Waals surface area contributed by atoms with Gasteiger partial charge in [0.05, 0.1) is 16.1 Å². The minimum absolute atomic E-state index is 0.152. The van der Waals surface area contributed by atoms with Crippen molar-refractivity contribution in [1.29, 1.82) is 0 Å². The Morgan fingerprint density at radius 1 is 1.15 bits per heavy atom. The van der Waals surface area contributed by atoms with E-state index in [4.69, 9.17) is 9.47 Å². The highest BCUT2D eigenvalue weighted by Gasteiger charge is 2.32. The molecule has 0 spiro atoms. The summed E-state index contributed by atoms with van der Waals surface area (Å²) in [6, 6.07) is 3.59. The van der Waals surface area contributed by atoms with E-state index in [9.17, 15) is 18.0 Å². The second kappa shape index (κ2) is 9.58. The molecule has 0 bridgehead atoms. The fourth-order valence-corrected chi connectivity index (χ4v) is 4.72. The quantitative estimate of drug-likeness (QED) is 0.523. The van der Waals surface area contributed by atoms with E-state index in [0.717, 1.165) is 35.5 Å². The first kappa shape index (κ1) is 24.5. The van der Waals surface area contributed by atoms with Crippen molar-refractivity contribution in [3.8, 4) is 10.9 Å². The Morgan fingerprint density at radius 2 is 1.88 bits per heavy atom. The number of amides is 1. The van der Waals surface area contributed by atoms with Gasteiger partial charge < -0.3 is 14.4 Å². The Kier molecular flexibility index (Phi) is 6.91. The van der Waals surface area contributed by atoms with Crippen LogP contribution in [0.1, 0.15) is 48.9 Å². The average Bonchev–Trinajstić information content (AvgIpc) is 3.16. The number of nitrogens with zero attached hydrogens (tertiary/aromatic N) is 3. The van der Waals surface area contributed by atoms with Gasteiger partial charge in [0.25, 0.3) is 5.19 Å². The Hall–Kier alpha value is -2.59. The summed E-state index contributed by atoms with van der Waals surface area (Å²) >= 11 is 1.33. The minimum atomic E-state index is -4.47. The molecule has 2 heterocycles. The summed E-state index contributed by atoms with van der Waals surface area (Å²) in [5.74, 6) is 0.152. The number of thiazole rings is 1. The fraction of sp³-hybridized carbons (Fsp3) is 0.500. The van der Waals surface area contributed by atoms with Crippen LogP contribution in [-0.2, 0) is 23.9 Å². The number of alkyl halides is 3. The second-order valence-corrected chi connectivity index (χ2v) is 10.4. The number of benzene rings is 1. The second-order valence-electron chi connectivity index (χ2n) is 9.40. The van der Waals surface area contributed by atoms with Gasteiger partial charge in [-0.1, -0.05) is 23.5 Å². The van der Waals surface area contributed by atoms with E-state index in [1.807, 2.05) is 26.8 Å². The molecule has 0 N–H and O–H groups in total. The number of aromatic nitrogens is 1. The first-order valence-corrected chi connectivity index (χ1v) is 12.0. The molecule has 0 radical (unpaired) electrons. The SMILES string of the molecule is CC(C)(C)OC(=O)N1CCN(Cc2ccc(C(F)(F)F)cc2Oc2nc3c(s2)C=CCC3)CC1. The Morgan fingerprint density at radius 3 is 2.53 bits per heavy atom. The van der Waals surface area contributed by atoms with E-state index in [2.05, 4.69) is 16.0 Å². The molecule has 10 heteroatoms. The number of hydrogen-bond acceptors (Lipinski definition) is 6. The Bertz CT molecular complexity index is 1070. The van der Waals surface area contributed by atoms with Crippen molar-refractivity contribution in [3.63, 3.8) is 0 Å². The lowest BCUT2D eigenvalue weighted by Gasteiger charge is -2.35. The third-order valence-corrected chi connectivity index (χ3v) is 6.48. The zero-order valence-electron chi connectivity index (χ0n) is 19.4. The molecule has 6 nitrogen and oxygen atoms in total. The van der Waals surface area contributed by atoms with Crippen LogP contribution in [0.3, 0.4) is 0 Å². The Labute approximate surface area is 201 Å². The molecule has 34 heavy (non-hydrogen) atoms. The predicted molar refractivity (Wildman–Crippen MR) is 124 cm³/mol. The van der Waals surface area contributed by atoms with Gasteiger partial charge in [-0.05, 0) is 51.8 Å². The number of ether oxygens (including phenoxy) is 2. The van der Waals surface area contributed by atoms with Crippen molar-refractivity contribution in [2.24, 2.45) is 0 Å². The molecule has 2 aliphatic rings. The highest BCUT2D eigenvalue weighted by molar-refractivity contribution is 7.14. The molecule has 2 aromatic rings. The van der Waals surface area contributed by atoms with Crippen molar-refractivity contribution in [1.82, 2.24) is 14.8 Å². The van der Waals surface area contributed by atoms with Crippen LogP contribution in [0.15, 0.2) is 24.3 Å². The lowest BCUT2D eigenvalue weighted by atomic mass is 10.1. The van der Waals surface area contributed by atoms with Gasteiger partial charge in [0.1, 0.15) is 11.4 Å². The van der Waals surface area contributed by atoms with Crippen molar-refractivity contribution in [2.75, 3.05) is 26.2 Å². The van der Waals surface area contributed by atoms with E-state index in [0.29, 0.717) is 43.5 Å². The van der Waals surface area contributed by atoms with Gasteiger partial charge in [-0.2, -0.15) is 13.2 Å². The maximum atomic E-state index is 13.4. The summed E-state index contributed by atoms with van der Waals surface area (Å²) in [4.78, 5) is 21.5. The van der Waals surface area contributed by atoms with Crippen LogP contribution >= 0.6 is 11.3 Å². The first-order valence-electron chi connectivity index (χ1n) is 11.2. The lowest BCUT2D eigenvalue weighted by molar-refractivity contribution is -0.137. The number of carbonyl (C=O) groups excluding carboxylic acids is 1. The molecule has 0 saturated carbocycles. The van der Waals surface area contributed by atoms with Gasteiger partial charge in [0.2, 0.25) is 0 Å². The van der Waals surface area contributed by atoms with E-state index in [1.54, 1.807) is 4.90 Å². The van der Waals surface area contributed by atoms with Gasteiger partial charge in [0, 0.05) is 38.3 Å². The molecule has 184 valence electrons. The zero-order chi connectivity index (χ0) is 24.5. The smallest absolute Gasteiger partial charge is 0.416 e. The molecule has 0 unspecified atom stereocenters. The number of rotatable bonds is 4. The summed E-state index contributed by atoms with van der Waals surface area (Å²) in [5.41, 5.74) is 0.227. The van der Waals surface area contributed by atoms with E-state index in [1.165, 1.54) is 17.4 Å². The largest absolute Gasteiger partial charge is 0.444 e. The normalized spacial score (nSPS) is 16.9. The standard InChI is InChI=1S/C24H28F3N3O3S/c1-23(2,3)33-22(31)30-12-10-29(11-13-30)15-16-8-9-17(24(25,26)27)14-19(16)32-21-28-18-6-4-5-7-20(18)34-21/h5,7-9,14H,4,6,10-13,15H2,1-3H3. The highest BCUT2D eigenvalue weighted by Crippen LogP contribution is 2.38. The number of allylic oxidation sites excluding steroid dienone is 1. The number of aryl methyl sites for hydroxylation is 1. The molecule has 1 fully saturated rings. The van der Waals surface area contributed by atoms with Crippen molar-refractivity contribution in [3.05, 3.63) is 46.0 Å². The fourth-order valence-electron chi connectivity index (χ4n) is 3.81. The van der Waals surface area contributed by atoms with Crippen LogP contribution in [0.2, 0.25) is 0 Å². The Balaban J connectivity index is 1.48. The third-order valence-electron chi connectivity index (χ3n) is 5.53. The maximum Gasteiger partial charge on any atom is 0.416 e. The summed E-state index contributed by atoms with van der Waals surface area (Å²) in [6.45, 7) is 7.99. The van der Waals surface area contributed by atoms with Gasteiger partial charge in [-0.3, -0.25) is 4.90 Å². The number of piperazine rings is 1. The van der Waals surface area contributed by atoms with Crippen LogP contribution in [-0.4, -0.2) is 52.7 Å². The van der Waals surface area contributed by atoms with Gasteiger partial charge >= 0.3 is 12.3 Å². The van der Waals surface area contributed by atoms with Gasteiger partial charge in [0.15, 0.2) is 0 Å². The predicted octanol–water partition coefficient (Wildman–Crippen LogP) is 5.97. The topological polar surface area (TPSA) is 54.9 Å². The van der Waals surface area contributed by atoms with Crippen molar-refractivity contribution in [2.45, 2.75) is 51.9 Å². The first-order chi connectivity index (χ1) is 16.0. The van der Waals surface area contributed by atoms with Gasteiger partial charge in [-0.15, -0.1) is 0 Å². The molecular formula is C24H28F3N3O3S. The zero-order valence-corrected chi connectivity index (χ0v) is 20.3. The molecular weight excluding hydrogens is 467 g/mol. The molecule has 1 aromatic carbocycles. The van der Waals surface area contributed by atoms with Crippen molar-refractivity contribution < 1.29 is 27.4 Å². The van der Waals surface area contributed by atoms with E-state index in [-0.39, 0.29) is 11.8 Å². The van der Waals surface area contributed by atoms with Gasteiger partial charge in [-0.25, -0.2) is 9.78 Å². The minimum Gasteiger partial charge on any atom is -0.444 e. The van der Waals surface area contributed by atoms with Crippen LogP contribution < -0.4 is 4.74 Å². The monoisotopic (exact) mass is 495 g/mol. The highest BCUT2D eigenvalue weighted by atomic mass is 32.1. The molecule has 0 atom stereocenters. The summed E-state index contributed by atoms with van der Waals surface area (Å²) < 4.78 is 51.5. The number of hydrogen-bond donors (Lipinski definition) is 0. The molecule has 1 saturated heterocycles. The third kappa shape index (κ3) is 6.09. The van der Waals surface area contributed by atoms with Crippen LogP contribution in [0.4, 0.5) is 18.0 Å². The number of halogens is 3. The number of fused-ring (bicyclic) bond motifs is 1. The average molecular weight is 496 g/mol. The van der Waals surface area contributed by atoms with E-state index < -0.39 is 17.3 Å². The van der Waals surface area contributed by atoms with Crippen LogP contribution in [0.5, 0.6) is 10.9 Å². The maximum absolute atomic E-state index is 13.4. The summed E-state index contributed by atoms with van der Waals surface area (Å²) in [5, 5.41) is 0.340. The van der Waals surface area contributed by atoms with E-state index >= 15 is 0 Å².